The summed E-state index contributed by atoms with van der Waals surface area (Å²) in [6, 6.07) is 7.50. The molecule has 1 aliphatic rings. The number of rotatable bonds is 4. The summed E-state index contributed by atoms with van der Waals surface area (Å²) in [6.45, 7) is 8.50. The van der Waals surface area contributed by atoms with E-state index in [1.807, 2.05) is 52.0 Å². The van der Waals surface area contributed by atoms with Crippen molar-refractivity contribution in [1.82, 2.24) is 9.88 Å². The van der Waals surface area contributed by atoms with Crippen molar-refractivity contribution in [3.8, 4) is 0 Å². The molecule has 27 heavy (non-hydrogen) atoms. The van der Waals surface area contributed by atoms with Gasteiger partial charge in [-0.25, -0.2) is 4.79 Å². The number of esters is 1. The zero-order valence-electron chi connectivity index (χ0n) is 16.3. The summed E-state index contributed by atoms with van der Waals surface area (Å²) in [6.07, 6.45) is 0.679. The lowest BCUT2D eigenvalue weighted by Gasteiger charge is -2.35. The van der Waals surface area contributed by atoms with Gasteiger partial charge in [0, 0.05) is 24.2 Å². The lowest BCUT2D eigenvalue weighted by Crippen LogP contribution is -2.49. The van der Waals surface area contributed by atoms with Crippen LogP contribution in [0.2, 0.25) is 0 Å². The molecule has 3 rings (SSSR count). The zero-order chi connectivity index (χ0) is 19.6. The van der Waals surface area contributed by atoms with Gasteiger partial charge in [0.15, 0.2) is 6.61 Å². The number of hydrogen-bond donors (Lipinski definition) is 0. The normalized spacial score (nSPS) is 19.9. The molecule has 6 heteroatoms. The van der Waals surface area contributed by atoms with E-state index in [0.717, 1.165) is 28.6 Å². The van der Waals surface area contributed by atoms with Gasteiger partial charge < -0.3 is 14.4 Å². The highest BCUT2D eigenvalue weighted by atomic mass is 16.5. The molecule has 2 heterocycles. The quantitative estimate of drug-likeness (QED) is 0.774. The summed E-state index contributed by atoms with van der Waals surface area (Å²) < 4.78 is 11.0. The lowest BCUT2D eigenvalue weighted by molar-refractivity contribution is -0.146. The summed E-state index contributed by atoms with van der Waals surface area (Å²) in [4.78, 5) is 31.6. The Morgan fingerprint density at radius 2 is 1.89 bits per heavy atom. The number of morpholine rings is 1. The average Bonchev–Trinajstić information content (AvgIpc) is 2.64. The molecule has 1 saturated heterocycles. The summed E-state index contributed by atoms with van der Waals surface area (Å²) in [5.74, 6) is -0.680. The topological polar surface area (TPSA) is 68.7 Å². The maximum absolute atomic E-state index is 12.8. The Labute approximate surface area is 159 Å². The first kappa shape index (κ1) is 19.3. The molecule has 2 atom stereocenters. The van der Waals surface area contributed by atoms with Crippen LogP contribution in [0.25, 0.3) is 10.9 Å². The maximum atomic E-state index is 12.8. The van der Waals surface area contributed by atoms with Gasteiger partial charge in [0.2, 0.25) is 0 Å². The number of carbonyl (C=O) groups is 2. The van der Waals surface area contributed by atoms with Crippen molar-refractivity contribution in [2.45, 2.75) is 46.3 Å². The third kappa shape index (κ3) is 4.11. The molecule has 0 unspecified atom stereocenters. The standard InChI is InChI=1S/C21H26N2O4/c1-5-17-15(4)20(16-8-6-7-9-18(16)22-17)21(25)26-12-19(24)23-10-13(2)27-14(3)11-23/h6-9,13-14H,5,10-12H2,1-4H3/t13-,14+. The van der Waals surface area contributed by atoms with Crippen LogP contribution in [0.5, 0.6) is 0 Å². The van der Waals surface area contributed by atoms with E-state index in [9.17, 15) is 9.59 Å². The van der Waals surface area contributed by atoms with Crippen molar-refractivity contribution < 1.29 is 19.1 Å². The minimum absolute atomic E-state index is 0.0214. The molecule has 144 valence electrons. The van der Waals surface area contributed by atoms with Crippen LogP contribution in [-0.2, 0) is 20.7 Å². The summed E-state index contributed by atoms with van der Waals surface area (Å²) >= 11 is 0. The molecule has 0 spiro atoms. The van der Waals surface area contributed by atoms with Gasteiger partial charge in [0.1, 0.15) is 0 Å². The highest BCUT2D eigenvalue weighted by Gasteiger charge is 2.27. The molecule has 6 nitrogen and oxygen atoms in total. The SMILES string of the molecule is CCc1nc2ccccc2c(C(=O)OCC(=O)N2C[C@@H](C)O[C@@H](C)C2)c1C. The Balaban J connectivity index is 1.78. The van der Waals surface area contributed by atoms with Gasteiger partial charge in [0.05, 0.1) is 23.3 Å². The highest BCUT2D eigenvalue weighted by molar-refractivity contribution is 6.05. The van der Waals surface area contributed by atoms with Crippen molar-refractivity contribution in [1.29, 1.82) is 0 Å². The third-order valence-electron chi connectivity index (χ3n) is 4.87. The van der Waals surface area contributed by atoms with Crippen LogP contribution in [0.1, 0.15) is 42.4 Å². The van der Waals surface area contributed by atoms with Gasteiger partial charge in [-0.15, -0.1) is 0 Å². The first-order valence-electron chi connectivity index (χ1n) is 9.39. The second kappa shape index (κ2) is 8.05. The molecular weight excluding hydrogens is 344 g/mol. The van der Waals surface area contributed by atoms with Gasteiger partial charge in [-0.1, -0.05) is 25.1 Å². The van der Waals surface area contributed by atoms with Crippen molar-refractivity contribution >= 4 is 22.8 Å². The van der Waals surface area contributed by atoms with Gasteiger partial charge in [-0.3, -0.25) is 9.78 Å². The van der Waals surface area contributed by atoms with E-state index in [0.29, 0.717) is 18.7 Å². The van der Waals surface area contributed by atoms with E-state index in [1.54, 1.807) is 4.90 Å². The largest absolute Gasteiger partial charge is 0.452 e. The Hall–Kier alpha value is -2.47. The Morgan fingerprint density at radius 3 is 2.56 bits per heavy atom. The molecule has 0 bridgehead atoms. The summed E-state index contributed by atoms with van der Waals surface area (Å²) in [5.41, 5.74) is 2.92. The van der Waals surface area contributed by atoms with E-state index in [4.69, 9.17) is 9.47 Å². The van der Waals surface area contributed by atoms with Gasteiger partial charge in [0.25, 0.3) is 5.91 Å². The summed E-state index contributed by atoms with van der Waals surface area (Å²) in [5, 5.41) is 0.748. The number of ether oxygens (including phenoxy) is 2. The number of benzene rings is 1. The second-order valence-corrected chi connectivity index (χ2v) is 7.06. The molecule has 0 N–H and O–H groups in total. The van der Waals surface area contributed by atoms with Crippen LogP contribution in [0, 0.1) is 6.92 Å². The van der Waals surface area contributed by atoms with Crippen molar-refractivity contribution in [3.05, 3.63) is 41.1 Å². The molecule has 2 aromatic rings. The third-order valence-corrected chi connectivity index (χ3v) is 4.87. The van der Waals surface area contributed by atoms with E-state index in [2.05, 4.69) is 4.98 Å². The molecular formula is C21H26N2O4. The van der Waals surface area contributed by atoms with Gasteiger partial charge in [-0.05, 0) is 38.8 Å². The fraction of sp³-hybridized carbons (Fsp3) is 0.476. The second-order valence-electron chi connectivity index (χ2n) is 7.06. The van der Waals surface area contributed by atoms with Crippen molar-refractivity contribution in [2.75, 3.05) is 19.7 Å². The molecule has 1 aliphatic heterocycles. The van der Waals surface area contributed by atoms with Crippen LogP contribution in [0.4, 0.5) is 0 Å². The molecule has 1 aromatic heterocycles. The van der Waals surface area contributed by atoms with E-state index in [1.165, 1.54) is 0 Å². The smallest absolute Gasteiger partial charge is 0.339 e. The number of hydrogen-bond acceptors (Lipinski definition) is 5. The van der Waals surface area contributed by atoms with Gasteiger partial charge in [-0.2, -0.15) is 0 Å². The molecule has 1 aromatic carbocycles. The van der Waals surface area contributed by atoms with E-state index < -0.39 is 5.97 Å². The number of aromatic nitrogens is 1. The predicted molar refractivity (Wildman–Crippen MR) is 103 cm³/mol. The minimum atomic E-state index is -0.483. The fourth-order valence-electron chi connectivity index (χ4n) is 3.64. The molecule has 1 amide bonds. The van der Waals surface area contributed by atoms with Crippen LogP contribution < -0.4 is 0 Å². The molecule has 0 saturated carbocycles. The number of para-hydroxylation sites is 1. The Kier molecular flexibility index (Phi) is 5.75. The lowest BCUT2D eigenvalue weighted by atomic mass is 10.0. The fourth-order valence-corrected chi connectivity index (χ4v) is 3.64. The van der Waals surface area contributed by atoms with Crippen molar-refractivity contribution in [2.24, 2.45) is 0 Å². The summed E-state index contributed by atoms with van der Waals surface area (Å²) in [7, 11) is 0. The Bertz CT molecular complexity index is 855. The number of fused-ring (bicyclic) bond motifs is 1. The maximum Gasteiger partial charge on any atom is 0.339 e. The molecule has 0 radical (unpaired) electrons. The monoisotopic (exact) mass is 370 g/mol. The van der Waals surface area contributed by atoms with Crippen LogP contribution in [0.15, 0.2) is 24.3 Å². The first-order valence-corrected chi connectivity index (χ1v) is 9.39. The van der Waals surface area contributed by atoms with Crippen LogP contribution >= 0.6 is 0 Å². The minimum Gasteiger partial charge on any atom is -0.452 e. The number of carbonyl (C=O) groups excluding carboxylic acids is 2. The van der Waals surface area contributed by atoms with Crippen LogP contribution in [-0.4, -0.2) is 53.7 Å². The van der Waals surface area contributed by atoms with Crippen LogP contribution in [0.3, 0.4) is 0 Å². The van der Waals surface area contributed by atoms with E-state index in [-0.39, 0.29) is 24.7 Å². The average molecular weight is 370 g/mol. The Morgan fingerprint density at radius 1 is 1.22 bits per heavy atom. The number of aryl methyl sites for hydroxylation is 1. The molecule has 0 aliphatic carbocycles. The number of nitrogens with zero attached hydrogens (tertiary/aromatic N) is 2. The first-order chi connectivity index (χ1) is 12.9. The predicted octanol–water partition coefficient (Wildman–Crippen LogP) is 2.90. The van der Waals surface area contributed by atoms with E-state index >= 15 is 0 Å². The highest BCUT2D eigenvalue weighted by Crippen LogP contribution is 2.24. The van der Waals surface area contributed by atoms with Gasteiger partial charge >= 0.3 is 5.97 Å². The molecule has 1 fully saturated rings. The number of amides is 1. The zero-order valence-corrected chi connectivity index (χ0v) is 16.3. The number of pyridine rings is 1. The van der Waals surface area contributed by atoms with Crippen molar-refractivity contribution in [3.63, 3.8) is 0 Å².